The number of hydrogen-bond acceptors (Lipinski definition) is 4. The molecule has 2 aromatic rings. The molecular formula is C46H62HfN4O4Si2-2. The van der Waals surface area contributed by atoms with Gasteiger partial charge in [0.25, 0.3) is 0 Å². The molecule has 4 amide bonds. The molecule has 0 radical (unpaired) electrons. The zero-order valence-electron chi connectivity index (χ0n) is 36.0. The fraction of sp³-hybridized carbons (Fsp3) is 0.478. The van der Waals surface area contributed by atoms with E-state index in [2.05, 4.69) is 139 Å². The van der Waals surface area contributed by atoms with Crippen molar-refractivity contribution in [2.24, 2.45) is 0 Å². The van der Waals surface area contributed by atoms with Crippen molar-refractivity contribution in [2.75, 3.05) is 0 Å². The summed E-state index contributed by atoms with van der Waals surface area (Å²) in [5.41, 5.74) is 15.9. The van der Waals surface area contributed by atoms with Crippen LogP contribution in [0.1, 0.15) is 96.2 Å². The number of carbonyl (C=O) groups is 4. The quantitative estimate of drug-likeness (QED) is 0.103. The standard InChI is InChI=1S/2C23H31N2O2Si.Hf/c2*1-14-15(2)20-17(19(14)16-9-7-8-10-16)11-18(24-12-26)21(25-13-27)22(28(5)6)23(20,3)4;/h2*7-9,12-13,18,21H,10-11H2,1-6H3,(H,24,26)(H,25,27);/q2*-1;. The second kappa shape index (κ2) is 18.7. The van der Waals surface area contributed by atoms with Crippen molar-refractivity contribution in [2.45, 2.75) is 142 Å². The third-order valence-electron chi connectivity index (χ3n) is 13.0. The average Bonchev–Trinajstić information content (AvgIpc) is 3.91. The van der Waals surface area contributed by atoms with Gasteiger partial charge in [-0.25, -0.2) is 0 Å². The molecule has 0 saturated carbocycles. The first kappa shape index (κ1) is 46.3. The Kier molecular flexibility index (Phi) is 15.2. The van der Waals surface area contributed by atoms with Crippen molar-refractivity contribution in [1.82, 2.24) is 21.3 Å². The molecule has 4 N–H and O–H groups in total. The average molecular weight is 970 g/mol. The van der Waals surface area contributed by atoms with Crippen LogP contribution in [0.2, 0.25) is 26.2 Å². The van der Waals surface area contributed by atoms with Crippen molar-refractivity contribution in [3.05, 3.63) is 92.1 Å². The second-order valence-electron chi connectivity index (χ2n) is 17.4. The summed E-state index contributed by atoms with van der Waals surface area (Å²) in [7, 11) is -1.71. The fourth-order valence-corrected chi connectivity index (χ4v) is 15.7. The smallest absolute Gasteiger partial charge is 0.207 e. The fourth-order valence-electron chi connectivity index (χ4n) is 11.2. The molecule has 4 aliphatic rings. The summed E-state index contributed by atoms with van der Waals surface area (Å²) in [6.45, 7) is 27.2. The van der Waals surface area contributed by atoms with Gasteiger partial charge in [-0.3, -0.25) is 19.2 Å². The third-order valence-corrected chi connectivity index (χ3v) is 17.1. The van der Waals surface area contributed by atoms with Crippen molar-refractivity contribution in [1.29, 1.82) is 0 Å². The molecule has 0 aromatic heterocycles. The van der Waals surface area contributed by atoms with E-state index in [4.69, 9.17) is 0 Å². The van der Waals surface area contributed by atoms with Crippen molar-refractivity contribution in [3.8, 4) is 0 Å². The molecular weight excluding hydrogens is 907 g/mol. The molecule has 4 unspecified atom stereocenters. The molecule has 4 aliphatic carbocycles. The predicted octanol–water partition coefficient (Wildman–Crippen LogP) is 5.87. The maximum atomic E-state index is 11.5. The minimum atomic E-state index is -0.853. The van der Waals surface area contributed by atoms with Gasteiger partial charge in [0.2, 0.25) is 25.6 Å². The van der Waals surface area contributed by atoms with Crippen LogP contribution in [0, 0.1) is 27.7 Å². The molecule has 57 heavy (non-hydrogen) atoms. The SMILES string of the molecule is Cc1c2c([c-](C3=CC=CC3)c1C)CC(NC=O)C(NC=O)C(=[Si](C)C)C2(C)C.Cc1c2c([c-](C3=CC=CC3)c1C)CC(NC=O)C(NC=O)C(=[Si](C)C)C2(C)C.[Hf]. The van der Waals surface area contributed by atoms with Crippen molar-refractivity contribution >= 4 is 63.9 Å². The summed E-state index contributed by atoms with van der Waals surface area (Å²) < 4.78 is 0. The number of carbonyl (C=O) groups excluding carboxylic acids is 4. The topological polar surface area (TPSA) is 116 Å². The first-order valence-electron chi connectivity index (χ1n) is 20.0. The zero-order chi connectivity index (χ0) is 41.3. The Bertz CT molecular complexity index is 1950. The van der Waals surface area contributed by atoms with Crippen LogP contribution in [0.15, 0.2) is 36.5 Å². The molecule has 0 spiro atoms. The molecule has 2 aromatic carbocycles. The van der Waals surface area contributed by atoms with Gasteiger partial charge in [-0.15, -0.1) is 80.0 Å². The van der Waals surface area contributed by atoms with E-state index in [0.717, 1.165) is 51.3 Å². The van der Waals surface area contributed by atoms with Crippen LogP contribution >= 0.6 is 0 Å². The molecule has 6 rings (SSSR count). The van der Waals surface area contributed by atoms with Crippen LogP contribution in [0.25, 0.3) is 11.1 Å². The Morgan fingerprint density at radius 3 is 1.19 bits per heavy atom. The number of fused-ring (bicyclic) bond motifs is 2. The number of allylic oxidation sites excluding steroid dienone is 8. The molecule has 0 saturated heterocycles. The summed E-state index contributed by atoms with van der Waals surface area (Å²) >= 11 is 0. The minimum absolute atomic E-state index is 0. The van der Waals surface area contributed by atoms with Gasteiger partial charge in [0.15, 0.2) is 0 Å². The van der Waals surface area contributed by atoms with E-state index in [1.165, 1.54) is 77.1 Å². The van der Waals surface area contributed by atoms with Crippen LogP contribution in [-0.2, 0) is 68.7 Å². The maximum absolute atomic E-state index is 11.5. The van der Waals surface area contributed by atoms with Gasteiger partial charge in [-0.05, 0) is 36.5 Å². The molecule has 304 valence electrons. The van der Waals surface area contributed by atoms with E-state index in [1.54, 1.807) is 0 Å². The number of nitrogens with one attached hydrogen (secondary N) is 4. The molecule has 0 aliphatic heterocycles. The van der Waals surface area contributed by atoms with E-state index in [-0.39, 0.29) is 60.8 Å². The van der Waals surface area contributed by atoms with E-state index < -0.39 is 16.8 Å². The van der Waals surface area contributed by atoms with Crippen LogP contribution in [-0.4, -0.2) is 77.0 Å². The molecule has 8 nitrogen and oxygen atoms in total. The van der Waals surface area contributed by atoms with Gasteiger partial charge < -0.3 is 21.3 Å². The minimum Gasteiger partial charge on any atom is -0.353 e. The van der Waals surface area contributed by atoms with Crippen LogP contribution in [0.5, 0.6) is 0 Å². The van der Waals surface area contributed by atoms with Crippen molar-refractivity contribution in [3.63, 3.8) is 0 Å². The Morgan fingerprint density at radius 1 is 0.596 bits per heavy atom. The first-order chi connectivity index (χ1) is 26.5. The van der Waals surface area contributed by atoms with Gasteiger partial charge >= 0.3 is 0 Å². The number of amides is 4. The van der Waals surface area contributed by atoms with Crippen LogP contribution < -0.4 is 21.3 Å². The summed E-state index contributed by atoms with van der Waals surface area (Å²) in [4.78, 5) is 45.8. The van der Waals surface area contributed by atoms with Gasteiger partial charge in [-0.1, -0.05) is 104 Å². The second-order valence-corrected chi connectivity index (χ2v) is 22.5. The maximum Gasteiger partial charge on any atom is 0.207 e. The van der Waals surface area contributed by atoms with E-state index in [0.29, 0.717) is 0 Å². The number of hydrogen-bond donors (Lipinski definition) is 4. The first-order valence-corrected chi connectivity index (χ1v) is 25.0. The summed E-state index contributed by atoms with van der Waals surface area (Å²) in [5.74, 6) is 0. The number of rotatable bonds is 10. The van der Waals surface area contributed by atoms with Crippen LogP contribution in [0.3, 0.4) is 0 Å². The summed E-state index contributed by atoms with van der Waals surface area (Å²) in [6.07, 6.45) is 19.5. The summed E-state index contributed by atoms with van der Waals surface area (Å²) in [5, 5.41) is 14.9. The van der Waals surface area contributed by atoms with Gasteiger partial charge in [-0.2, -0.15) is 11.1 Å². The third kappa shape index (κ3) is 8.40. The molecule has 0 heterocycles. The Hall–Kier alpha value is -3.42. The largest absolute Gasteiger partial charge is 0.353 e. The molecule has 11 heteroatoms. The Labute approximate surface area is 362 Å². The monoisotopic (exact) mass is 970 g/mol. The summed E-state index contributed by atoms with van der Waals surface area (Å²) in [6, 6.07) is -0.601. The zero-order valence-corrected chi connectivity index (χ0v) is 41.6. The Balaban J connectivity index is 0.000000248. The van der Waals surface area contributed by atoms with E-state index >= 15 is 0 Å². The normalized spacial score (nSPS) is 22.5. The molecule has 0 bridgehead atoms. The predicted molar refractivity (Wildman–Crippen MR) is 237 cm³/mol. The van der Waals surface area contributed by atoms with Gasteiger partial charge in [0.05, 0.1) is 24.2 Å². The van der Waals surface area contributed by atoms with Gasteiger partial charge in [0, 0.05) is 42.7 Å². The molecule has 4 atom stereocenters. The van der Waals surface area contributed by atoms with Gasteiger partial charge in [0.1, 0.15) is 0 Å². The Morgan fingerprint density at radius 2 is 0.930 bits per heavy atom. The van der Waals surface area contributed by atoms with E-state index in [9.17, 15) is 19.2 Å². The van der Waals surface area contributed by atoms with E-state index in [1.807, 2.05) is 0 Å². The van der Waals surface area contributed by atoms with Crippen LogP contribution in [0.4, 0.5) is 0 Å². The van der Waals surface area contributed by atoms with Crippen molar-refractivity contribution < 1.29 is 45.0 Å². The molecule has 0 fully saturated rings.